The molecular weight excluding hydrogens is 393 g/mol. The van der Waals surface area contributed by atoms with Gasteiger partial charge in [-0.25, -0.2) is 4.98 Å². The molecule has 1 atom stereocenters. The van der Waals surface area contributed by atoms with Crippen molar-refractivity contribution in [2.75, 3.05) is 20.1 Å². The van der Waals surface area contributed by atoms with E-state index in [1.54, 1.807) is 11.3 Å². The van der Waals surface area contributed by atoms with Crippen LogP contribution < -0.4 is 10.1 Å². The number of nitrogens with one attached hydrogen (secondary N) is 1. The first-order chi connectivity index (χ1) is 11.7. The summed E-state index contributed by atoms with van der Waals surface area (Å²) < 4.78 is 5.79. The average Bonchev–Trinajstić information content (AvgIpc) is 3.22. The molecule has 144 valence electrons. The van der Waals surface area contributed by atoms with E-state index in [1.807, 2.05) is 48.5 Å². The number of likely N-dealkylation sites (tertiary alicyclic amines) is 1. The summed E-state index contributed by atoms with van der Waals surface area (Å²) in [7, 11) is 1.93. The number of ether oxygens (including phenoxy) is 1. The first-order valence-corrected chi connectivity index (χ1v) is 9.15. The predicted molar refractivity (Wildman–Crippen MR) is 110 cm³/mol. The van der Waals surface area contributed by atoms with Crippen LogP contribution in [-0.2, 0) is 6.61 Å². The van der Waals surface area contributed by atoms with Crippen LogP contribution in [0.1, 0.15) is 33.9 Å². The first kappa shape index (κ1) is 22.7. The lowest BCUT2D eigenvalue weighted by Gasteiger charge is -2.24. The van der Waals surface area contributed by atoms with Crippen LogP contribution in [0.5, 0.6) is 5.75 Å². The zero-order valence-electron chi connectivity index (χ0n) is 14.9. The number of nitrogens with zero attached hydrogens (tertiary/aromatic N) is 2. The molecule has 1 N–H and O–H groups in total. The number of halogens is 2. The predicted octanol–water partition coefficient (Wildman–Crippen LogP) is 3.70. The molecule has 1 saturated heterocycles. The summed E-state index contributed by atoms with van der Waals surface area (Å²) in [4.78, 5) is 19.2. The maximum atomic E-state index is 12.8. The first-order valence-electron chi connectivity index (χ1n) is 8.27. The van der Waals surface area contributed by atoms with Crippen molar-refractivity contribution in [2.45, 2.75) is 32.4 Å². The number of rotatable bonds is 6. The fourth-order valence-electron chi connectivity index (χ4n) is 3.07. The Morgan fingerprint density at radius 3 is 2.92 bits per heavy atom. The Balaban J connectivity index is 0.00000169. The molecule has 0 saturated carbocycles. The molecule has 26 heavy (non-hydrogen) atoms. The molecule has 2 heterocycles. The molecular formula is C18H25Cl2N3O2S. The smallest absolute Gasteiger partial charge is 0.254 e. The molecule has 1 aromatic carbocycles. The summed E-state index contributed by atoms with van der Waals surface area (Å²) in [6, 6.07) is 7.72. The van der Waals surface area contributed by atoms with E-state index >= 15 is 0 Å². The minimum absolute atomic E-state index is 0. The Kier molecular flexibility index (Phi) is 9.36. The van der Waals surface area contributed by atoms with Crippen LogP contribution in [0.2, 0.25) is 0 Å². The highest BCUT2D eigenvalue weighted by atomic mass is 35.5. The lowest BCUT2D eigenvalue weighted by Crippen LogP contribution is -2.40. The van der Waals surface area contributed by atoms with Crippen LogP contribution in [0.25, 0.3) is 0 Å². The number of hydrogen-bond donors (Lipinski definition) is 1. The van der Waals surface area contributed by atoms with E-state index in [0.717, 1.165) is 36.6 Å². The molecule has 8 heteroatoms. The largest absolute Gasteiger partial charge is 0.487 e. The number of thiazole rings is 1. The van der Waals surface area contributed by atoms with Gasteiger partial charge in [-0.2, -0.15) is 0 Å². The van der Waals surface area contributed by atoms with Gasteiger partial charge < -0.3 is 15.0 Å². The van der Waals surface area contributed by atoms with Crippen molar-refractivity contribution >= 4 is 42.1 Å². The molecule has 1 aromatic heterocycles. The maximum Gasteiger partial charge on any atom is 0.254 e. The Bertz CT molecular complexity index is 711. The molecule has 0 spiro atoms. The van der Waals surface area contributed by atoms with Crippen LogP contribution in [0.4, 0.5) is 0 Å². The van der Waals surface area contributed by atoms with Gasteiger partial charge in [0.1, 0.15) is 12.4 Å². The van der Waals surface area contributed by atoms with Crippen molar-refractivity contribution < 1.29 is 9.53 Å². The lowest BCUT2D eigenvalue weighted by molar-refractivity contribution is 0.0736. The second-order valence-electron chi connectivity index (χ2n) is 6.03. The van der Waals surface area contributed by atoms with E-state index in [-0.39, 0.29) is 36.8 Å². The van der Waals surface area contributed by atoms with Crippen molar-refractivity contribution in [3.63, 3.8) is 0 Å². The van der Waals surface area contributed by atoms with Crippen LogP contribution in [0.3, 0.4) is 0 Å². The molecule has 3 rings (SSSR count). The van der Waals surface area contributed by atoms with Crippen molar-refractivity contribution in [3.8, 4) is 5.75 Å². The lowest BCUT2D eigenvalue weighted by atomic mass is 10.1. The minimum atomic E-state index is 0. The van der Waals surface area contributed by atoms with Crippen molar-refractivity contribution in [1.82, 2.24) is 15.2 Å². The monoisotopic (exact) mass is 417 g/mol. The number of benzene rings is 1. The van der Waals surface area contributed by atoms with E-state index in [0.29, 0.717) is 17.9 Å². The normalized spacial score (nSPS) is 15.9. The Hall–Kier alpha value is -1.34. The zero-order chi connectivity index (χ0) is 16.9. The van der Waals surface area contributed by atoms with E-state index < -0.39 is 0 Å². The summed E-state index contributed by atoms with van der Waals surface area (Å²) in [5.41, 5.74) is 1.60. The van der Waals surface area contributed by atoms with Gasteiger partial charge in [-0.05, 0) is 45.0 Å². The number of likely N-dealkylation sites (N-methyl/N-ethyl adjacent to an activating group) is 1. The zero-order valence-corrected chi connectivity index (χ0v) is 17.4. The summed E-state index contributed by atoms with van der Waals surface area (Å²) in [6.07, 6.45) is 2.13. The molecule has 0 bridgehead atoms. The Labute approximate surface area is 171 Å². The molecule has 0 aliphatic carbocycles. The van der Waals surface area contributed by atoms with E-state index in [9.17, 15) is 4.79 Å². The third-order valence-electron chi connectivity index (χ3n) is 4.21. The van der Waals surface area contributed by atoms with Gasteiger partial charge in [0.15, 0.2) is 0 Å². The van der Waals surface area contributed by atoms with Crippen molar-refractivity contribution in [2.24, 2.45) is 0 Å². The van der Waals surface area contributed by atoms with Gasteiger partial charge in [-0.15, -0.1) is 36.2 Å². The van der Waals surface area contributed by atoms with Crippen molar-refractivity contribution in [3.05, 3.63) is 45.9 Å². The van der Waals surface area contributed by atoms with Crippen LogP contribution >= 0.6 is 36.2 Å². The summed E-state index contributed by atoms with van der Waals surface area (Å²) >= 11 is 1.61. The SMILES string of the molecule is CNCC1CCCN1C(=O)c1cccc(OCc2csc(C)n2)c1.Cl.Cl. The fourth-order valence-corrected chi connectivity index (χ4v) is 3.66. The summed E-state index contributed by atoms with van der Waals surface area (Å²) in [6.45, 7) is 4.07. The number of carbonyl (C=O) groups is 1. The Morgan fingerprint density at radius 1 is 1.42 bits per heavy atom. The van der Waals surface area contributed by atoms with Crippen LogP contribution in [-0.4, -0.2) is 42.0 Å². The van der Waals surface area contributed by atoms with E-state index in [1.165, 1.54) is 0 Å². The molecule has 1 fully saturated rings. The third-order valence-corrected chi connectivity index (χ3v) is 5.03. The van der Waals surface area contributed by atoms with Crippen molar-refractivity contribution in [1.29, 1.82) is 0 Å². The Morgan fingerprint density at radius 2 is 2.23 bits per heavy atom. The second-order valence-corrected chi connectivity index (χ2v) is 7.09. The topological polar surface area (TPSA) is 54.5 Å². The quantitative estimate of drug-likeness (QED) is 0.778. The number of aryl methyl sites for hydroxylation is 1. The van der Waals surface area contributed by atoms with Gasteiger partial charge >= 0.3 is 0 Å². The number of carbonyl (C=O) groups excluding carboxylic acids is 1. The fraction of sp³-hybridized carbons (Fsp3) is 0.444. The molecule has 1 aliphatic rings. The van der Waals surface area contributed by atoms with E-state index in [4.69, 9.17) is 4.74 Å². The molecule has 1 unspecified atom stereocenters. The molecule has 2 aromatic rings. The third kappa shape index (κ3) is 5.58. The molecule has 1 aliphatic heterocycles. The van der Waals surface area contributed by atoms with Gasteiger partial charge in [0.05, 0.1) is 10.7 Å². The van der Waals surface area contributed by atoms with Crippen LogP contribution in [0, 0.1) is 6.92 Å². The average molecular weight is 418 g/mol. The molecule has 5 nitrogen and oxygen atoms in total. The number of amides is 1. The number of aromatic nitrogens is 1. The van der Waals surface area contributed by atoms with Gasteiger partial charge in [0, 0.05) is 30.1 Å². The van der Waals surface area contributed by atoms with E-state index in [2.05, 4.69) is 10.3 Å². The molecule has 1 amide bonds. The number of hydrogen-bond acceptors (Lipinski definition) is 5. The maximum absolute atomic E-state index is 12.8. The second kappa shape index (κ2) is 10.7. The molecule has 0 radical (unpaired) electrons. The standard InChI is InChI=1S/C18H23N3O2S.2ClH/c1-13-20-15(12-24-13)11-23-17-7-3-5-14(9-17)18(22)21-8-4-6-16(21)10-19-2;;/h3,5,7,9,12,16,19H,4,6,8,10-11H2,1-2H3;2*1H. The highest BCUT2D eigenvalue weighted by Gasteiger charge is 2.28. The van der Waals surface area contributed by atoms with Gasteiger partial charge in [0.2, 0.25) is 0 Å². The van der Waals surface area contributed by atoms with Crippen LogP contribution in [0.15, 0.2) is 29.6 Å². The summed E-state index contributed by atoms with van der Waals surface area (Å²) in [5.74, 6) is 0.790. The summed E-state index contributed by atoms with van der Waals surface area (Å²) in [5, 5.41) is 6.20. The highest BCUT2D eigenvalue weighted by Crippen LogP contribution is 2.22. The minimum Gasteiger partial charge on any atom is -0.487 e. The van der Waals surface area contributed by atoms with Gasteiger partial charge in [0.25, 0.3) is 5.91 Å². The highest BCUT2D eigenvalue weighted by molar-refractivity contribution is 7.09. The van der Waals surface area contributed by atoms with Gasteiger partial charge in [-0.1, -0.05) is 6.07 Å². The van der Waals surface area contributed by atoms with Gasteiger partial charge in [-0.3, -0.25) is 4.79 Å².